The van der Waals surface area contributed by atoms with Crippen LogP contribution in [0.15, 0.2) is 12.4 Å². The van der Waals surface area contributed by atoms with E-state index in [0.29, 0.717) is 0 Å². The van der Waals surface area contributed by atoms with E-state index in [1.807, 2.05) is 19.4 Å². The Kier molecular flexibility index (Phi) is 4.69. The minimum absolute atomic E-state index is 0. The number of rotatable bonds is 1. The van der Waals surface area contributed by atoms with Crippen molar-refractivity contribution in [1.29, 1.82) is 0 Å². The van der Waals surface area contributed by atoms with E-state index >= 15 is 0 Å². The van der Waals surface area contributed by atoms with Gasteiger partial charge in [0.25, 0.3) is 0 Å². The second-order valence-electron chi connectivity index (χ2n) is 3.01. The van der Waals surface area contributed by atoms with Gasteiger partial charge in [0.05, 0.1) is 18.9 Å². The number of nitrogens with one attached hydrogen (secondary N) is 1. The first-order chi connectivity index (χ1) is 5.86. The minimum atomic E-state index is 0. The molecular weight excluding hydrogens is 194 g/mol. The average Bonchev–Trinajstić information content (AvgIpc) is 2.54. The molecule has 0 saturated carbocycles. The molecule has 0 aliphatic carbocycles. The third-order valence-corrected chi connectivity index (χ3v) is 2.02. The summed E-state index contributed by atoms with van der Waals surface area (Å²) in [6.07, 6.45) is 4.04. The van der Waals surface area contributed by atoms with Crippen LogP contribution in [0.5, 0.6) is 0 Å². The van der Waals surface area contributed by atoms with Crippen molar-refractivity contribution in [1.82, 2.24) is 15.1 Å². The van der Waals surface area contributed by atoms with E-state index in [1.165, 1.54) is 0 Å². The summed E-state index contributed by atoms with van der Waals surface area (Å²) in [6.45, 7) is 2.64. The van der Waals surface area contributed by atoms with Gasteiger partial charge in [-0.3, -0.25) is 4.68 Å². The van der Waals surface area contributed by atoms with Crippen molar-refractivity contribution in [2.24, 2.45) is 7.05 Å². The summed E-state index contributed by atoms with van der Waals surface area (Å²) in [7, 11) is 1.92. The molecule has 0 radical (unpaired) electrons. The van der Waals surface area contributed by atoms with E-state index in [4.69, 9.17) is 4.74 Å². The largest absolute Gasteiger partial charge is 0.371 e. The topological polar surface area (TPSA) is 39.1 Å². The first-order valence-corrected chi connectivity index (χ1v) is 4.17. The van der Waals surface area contributed by atoms with E-state index in [9.17, 15) is 0 Å². The minimum Gasteiger partial charge on any atom is -0.371 e. The number of nitrogens with zero attached hydrogens (tertiary/aromatic N) is 2. The molecule has 1 fully saturated rings. The molecule has 13 heavy (non-hydrogen) atoms. The quantitative estimate of drug-likeness (QED) is 0.708. The van der Waals surface area contributed by atoms with Crippen LogP contribution >= 0.6 is 0 Å². The van der Waals surface area contributed by atoms with Gasteiger partial charge in [0, 0.05) is 69.6 Å². The van der Waals surface area contributed by atoms with Crippen molar-refractivity contribution in [2.75, 3.05) is 19.7 Å². The fourth-order valence-corrected chi connectivity index (χ4v) is 1.39. The van der Waals surface area contributed by atoms with Crippen molar-refractivity contribution in [3.05, 3.63) is 18.0 Å². The van der Waals surface area contributed by atoms with E-state index in [-0.39, 0.29) is 43.8 Å². The van der Waals surface area contributed by atoms with Crippen molar-refractivity contribution in [3.63, 3.8) is 0 Å². The van der Waals surface area contributed by atoms with Gasteiger partial charge in [-0.1, -0.05) is 0 Å². The van der Waals surface area contributed by atoms with Crippen molar-refractivity contribution in [3.8, 4) is 0 Å². The smallest absolute Gasteiger partial charge is 0.0980 e. The Morgan fingerprint density at radius 3 is 3.08 bits per heavy atom. The summed E-state index contributed by atoms with van der Waals surface area (Å²) >= 11 is 0. The van der Waals surface area contributed by atoms with Crippen LogP contribution in [0.3, 0.4) is 0 Å². The summed E-state index contributed by atoms with van der Waals surface area (Å²) in [5.74, 6) is 0. The molecule has 74 valence electrons. The molecule has 1 atom stereocenters. The maximum absolute atomic E-state index is 5.56. The molecule has 0 spiro atoms. The molecule has 1 aromatic rings. The van der Waals surface area contributed by atoms with Crippen LogP contribution in [0, 0.1) is 37.7 Å². The summed E-state index contributed by atoms with van der Waals surface area (Å²) in [5.41, 5.74) is 1.16. The molecule has 1 unspecified atom stereocenters. The maximum Gasteiger partial charge on any atom is 0.0980 e. The predicted molar refractivity (Wildman–Crippen MR) is 44.8 cm³/mol. The van der Waals surface area contributed by atoms with Gasteiger partial charge in [0.2, 0.25) is 0 Å². The Balaban J connectivity index is 0.000000845. The van der Waals surface area contributed by atoms with Gasteiger partial charge in [-0.25, -0.2) is 0 Å². The first kappa shape index (κ1) is 11.5. The summed E-state index contributed by atoms with van der Waals surface area (Å²) in [6, 6.07) is 0. The van der Waals surface area contributed by atoms with Gasteiger partial charge in [0.1, 0.15) is 0 Å². The fourth-order valence-electron chi connectivity index (χ4n) is 1.39. The van der Waals surface area contributed by atoms with Crippen LogP contribution in [0.25, 0.3) is 0 Å². The van der Waals surface area contributed by atoms with Crippen molar-refractivity contribution < 1.29 is 42.5 Å². The van der Waals surface area contributed by atoms with Gasteiger partial charge in [0.15, 0.2) is 0 Å². The van der Waals surface area contributed by atoms with Gasteiger partial charge in [-0.15, -0.1) is 0 Å². The first-order valence-electron chi connectivity index (χ1n) is 4.17. The Hall–Kier alpha value is 0.390. The molecule has 1 aliphatic rings. The van der Waals surface area contributed by atoms with Gasteiger partial charge in [-0.05, 0) is 0 Å². The van der Waals surface area contributed by atoms with Crippen LogP contribution in [0.4, 0.5) is 0 Å². The van der Waals surface area contributed by atoms with E-state index < -0.39 is 0 Å². The monoisotopic (exact) mass is 207 g/mol. The Morgan fingerprint density at radius 2 is 2.54 bits per heavy atom. The van der Waals surface area contributed by atoms with Crippen LogP contribution < -0.4 is 5.32 Å². The molecule has 1 aliphatic heterocycles. The van der Waals surface area contributed by atoms with Crippen LogP contribution in [-0.2, 0) is 11.8 Å². The van der Waals surface area contributed by atoms with E-state index in [1.54, 1.807) is 4.68 Å². The predicted octanol–water partition coefficient (Wildman–Crippen LogP) is 0.0810. The second kappa shape index (κ2) is 5.32. The molecular formula is C8H13ArN3O. The molecule has 2 rings (SSSR count). The van der Waals surface area contributed by atoms with Crippen LogP contribution in [-0.4, -0.2) is 29.5 Å². The fraction of sp³-hybridized carbons (Fsp3) is 0.625. The standard InChI is InChI=1S/C8H13N3O.Ar/c1-11-6-7(4-10-11)8-5-9-2-3-12-8;/h4,6,8-9H,2-3,5H2,1H3;. The average molecular weight is 207 g/mol. The third kappa shape index (κ3) is 2.92. The molecule has 0 bridgehead atoms. The summed E-state index contributed by atoms with van der Waals surface area (Å²) in [4.78, 5) is 0. The number of hydrogen-bond donors (Lipinski definition) is 1. The van der Waals surface area contributed by atoms with Crippen LogP contribution in [0.1, 0.15) is 11.7 Å². The normalized spacial score (nSPS) is 22.4. The number of aryl methyl sites for hydroxylation is 1. The Labute approximate surface area is 108 Å². The van der Waals surface area contributed by atoms with Gasteiger partial charge in [-0.2, -0.15) is 5.10 Å². The summed E-state index contributed by atoms with van der Waals surface area (Å²) in [5, 5.41) is 7.38. The molecule has 5 heteroatoms. The molecule has 1 N–H and O–H groups in total. The van der Waals surface area contributed by atoms with Crippen LogP contribution in [0.2, 0.25) is 0 Å². The summed E-state index contributed by atoms with van der Waals surface area (Å²) < 4.78 is 7.36. The molecule has 4 nitrogen and oxygen atoms in total. The molecule has 1 saturated heterocycles. The number of ether oxygens (including phenoxy) is 1. The van der Waals surface area contributed by atoms with E-state index in [0.717, 1.165) is 25.3 Å². The maximum atomic E-state index is 5.56. The molecule has 2 heterocycles. The Bertz CT molecular complexity index is 258. The molecule has 1 aromatic heterocycles. The molecule has 0 amide bonds. The number of aromatic nitrogens is 2. The zero-order chi connectivity index (χ0) is 8.39. The molecule has 0 aromatic carbocycles. The zero-order valence-corrected chi connectivity index (χ0v) is 8.22. The number of morpholine rings is 1. The van der Waals surface area contributed by atoms with Crippen molar-refractivity contribution >= 4 is 0 Å². The Morgan fingerprint density at radius 1 is 1.69 bits per heavy atom. The SMILES string of the molecule is Cn1cc(C2CNCCO2)cn1.[Ar]. The second-order valence-corrected chi connectivity index (χ2v) is 3.01. The third-order valence-electron chi connectivity index (χ3n) is 2.02. The van der Waals surface area contributed by atoms with Gasteiger partial charge >= 0.3 is 0 Å². The van der Waals surface area contributed by atoms with Crippen molar-refractivity contribution in [2.45, 2.75) is 6.10 Å². The van der Waals surface area contributed by atoms with Gasteiger partial charge < -0.3 is 10.1 Å². The zero-order valence-electron chi connectivity index (χ0n) is 7.51. The number of hydrogen-bond acceptors (Lipinski definition) is 3. The van der Waals surface area contributed by atoms with E-state index in [2.05, 4.69) is 10.4 Å².